The zero-order valence-corrected chi connectivity index (χ0v) is 6.27. The van der Waals surface area contributed by atoms with Gasteiger partial charge in [-0.3, -0.25) is 0 Å². The smallest absolute Gasteiger partial charge is 0.233 e. The minimum Gasteiger partial charge on any atom is -0.233 e. The molecule has 0 aromatic rings. The van der Waals surface area contributed by atoms with Crippen LogP contribution in [0.4, 0.5) is 26.3 Å². The lowest BCUT2D eigenvalue weighted by atomic mass is 9.63. The standard InChI is InChI=1S/C6H6F6/c1-3(7)4(2,8)6(11,12)5(3,9)10/h1-2H3/t3-,4+. The summed E-state index contributed by atoms with van der Waals surface area (Å²) in [4.78, 5) is 0. The molecule has 0 bridgehead atoms. The van der Waals surface area contributed by atoms with Crippen LogP contribution in [-0.4, -0.2) is 23.2 Å². The Morgan fingerprint density at radius 1 is 0.583 bits per heavy atom. The molecule has 6 heteroatoms. The van der Waals surface area contributed by atoms with E-state index >= 15 is 0 Å². The zero-order chi connectivity index (χ0) is 10.0. The van der Waals surface area contributed by atoms with Gasteiger partial charge in [0.05, 0.1) is 0 Å². The van der Waals surface area contributed by atoms with Crippen molar-refractivity contribution in [1.82, 2.24) is 0 Å². The van der Waals surface area contributed by atoms with Gasteiger partial charge in [0.1, 0.15) is 0 Å². The van der Waals surface area contributed by atoms with Crippen LogP contribution in [0.15, 0.2) is 0 Å². The molecule has 2 atom stereocenters. The van der Waals surface area contributed by atoms with Gasteiger partial charge in [0.15, 0.2) is 0 Å². The first-order valence-electron chi connectivity index (χ1n) is 3.13. The van der Waals surface area contributed by atoms with Gasteiger partial charge in [0, 0.05) is 0 Å². The third-order valence-electron chi connectivity index (χ3n) is 2.46. The summed E-state index contributed by atoms with van der Waals surface area (Å²) in [5.41, 5.74) is -7.60. The maximum atomic E-state index is 12.7. The van der Waals surface area contributed by atoms with Crippen molar-refractivity contribution in [1.29, 1.82) is 0 Å². The molecule has 1 saturated carbocycles. The molecule has 0 aromatic carbocycles. The van der Waals surface area contributed by atoms with E-state index in [1.165, 1.54) is 0 Å². The van der Waals surface area contributed by atoms with Crippen molar-refractivity contribution in [2.24, 2.45) is 0 Å². The Bertz CT molecular complexity index is 152. The molecule has 1 rings (SSSR count). The fourth-order valence-corrected chi connectivity index (χ4v) is 1.12. The summed E-state index contributed by atoms with van der Waals surface area (Å²) in [5.74, 6) is -9.85. The second-order valence-electron chi connectivity index (χ2n) is 3.15. The van der Waals surface area contributed by atoms with E-state index in [0.29, 0.717) is 0 Å². The van der Waals surface area contributed by atoms with E-state index in [9.17, 15) is 26.3 Å². The van der Waals surface area contributed by atoms with E-state index in [1.807, 2.05) is 0 Å². The second-order valence-corrected chi connectivity index (χ2v) is 3.15. The summed E-state index contributed by atoms with van der Waals surface area (Å²) in [6, 6.07) is 0. The fraction of sp³-hybridized carbons (Fsp3) is 1.00. The van der Waals surface area contributed by atoms with Crippen molar-refractivity contribution < 1.29 is 26.3 Å². The Kier molecular flexibility index (Phi) is 1.41. The Balaban J connectivity index is 3.16. The van der Waals surface area contributed by atoms with Gasteiger partial charge in [-0.25, -0.2) is 8.78 Å². The van der Waals surface area contributed by atoms with Crippen molar-refractivity contribution >= 4 is 0 Å². The van der Waals surface area contributed by atoms with Crippen LogP contribution in [0.1, 0.15) is 13.8 Å². The molecule has 0 spiro atoms. The van der Waals surface area contributed by atoms with Crippen molar-refractivity contribution in [3.05, 3.63) is 0 Å². The predicted octanol–water partition coefficient (Wildman–Crippen LogP) is 2.73. The molecule has 0 N–H and O–H groups in total. The number of hydrogen-bond donors (Lipinski definition) is 0. The first kappa shape index (κ1) is 9.67. The average molecular weight is 192 g/mol. The highest BCUT2D eigenvalue weighted by Crippen LogP contribution is 2.67. The third-order valence-corrected chi connectivity index (χ3v) is 2.46. The molecule has 0 saturated heterocycles. The van der Waals surface area contributed by atoms with E-state index in [1.54, 1.807) is 0 Å². The lowest BCUT2D eigenvalue weighted by Gasteiger charge is -2.55. The quantitative estimate of drug-likeness (QED) is 0.517. The topological polar surface area (TPSA) is 0 Å². The van der Waals surface area contributed by atoms with Gasteiger partial charge >= 0.3 is 11.8 Å². The monoisotopic (exact) mass is 192 g/mol. The second kappa shape index (κ2) is 1.75. The number of hydrogen-bond acceptors (Lipinski definition) is 0. The van der Waals surface area contributed by atoms with E-state index in [-0.39, 0.29) is 13.8 Å². The molecule has 0 heterocycles. The largest absolute Gasteiger partial charge is 0.349 e. The molecule has 0 aliphatic heterocycles. The minimum absolute atomic E-state index is 0.129. The van der Waals surface area contributed by atoms with Gasteiger partial charge in [-0.05, 0) is 13.8 Å². The summed E-state index contributed by atoms with van der Waals surface area (Å²) >= 11 is 0. The third kappa shape index (κ3) is 0.557. The van der Waals surface area contributed by atoms with Crippen LogP contribution in [0.25, 0.3) is 0 Å². The highest BCUT2D eigenvalue weighted by Gasteiger charge is 2.94. The maximum Gasteiger partial charge on any atom is 0.349 e. The van der Waals surface area contributed by atoms with Crippen LogP contribution in [0.3, 0.4) is 0 Å². The minimum atomic E-state index is -4.93. The fourth-order valence-electron chi connectivity index (χ4n) is 1.12. The number of halogens is 6. The van der Waals surface area contributed by atoms with E-state index < -0.39 is 23.2 Å². The van der Waals surface area contributed by atoms with Crippen LogP contribution in [-0.2, 0) is 0 Å². The normalized spacial score (nSPS) is 50.0. The van der Waals surface area contributed by atoms with E-state index in [0.717, 1.165) is 0 Å². The summed E-state index contributed by atoms with van der Waals surface area (Å²) in [6.45, 7) is 0.259. The molecule has 72 valence electrons. The zero-order valence-electron chi connectivity index (χ0n) is 6.27. The van der Waals surface area contributed by atoms with Gasteiger partial charge in [0.25, 0.3) is 0 Å². The maximum absolute atomic E-state index is 12.7. The first-order chi connectivity index (χ1) is 5.00. The molecule has 0 nitrogen and oxygen atoms in total. The Hall–Kier alpha value is -0.420. The van der Waals surface area contributed by atoms with E-state index in [2.05, 4.69) is 0 Å². The SMILES string of the molecule is C[C@]1(F)C(F)(F)C(F)(F)[C@@]1(C)F. The highest BCUT2D eigenvalue weighted by atomic mass is 19.3. The van der Waals surface area contributed by atoms with E-state index in [4.69, 9.17) is 0 Å². The van der Waals surface area contributed by atoms with Gasteiger partial charge in [0.2, 0.25) is 11.3 Å². The first-order valence-corrected chi connectivity index (χ1v) is 3.13. The lowest BCUT2D eigenvalue weighted by molar-refractivity contribution is -0.427. The highest BCUT2D eigenvalue weighted by molar-refractivity contribution is 5.28. The van der Waals surface area contributed by atoms with Crippen LogP contribution >= 0.6 is 0 Å². The van der Waals surface area contributed by atoms with Crippen molar-refractivity contribution in [3.8, 4) is 0 Å². The number of rotatable bonds is 0. The molecule has 0 unspecified atom stereocenters. The Labute approximate surface area is 64.6 Å². The summed E-state index contributed by atoms with van der Waals surface area (Å²) in [7, 11) is 0. The molecule has 1 aliphatic rings. The molecule has 0 amide bonds. The van der Waals surface area contributed by atoms with Crippen LogP contribution in [0.2, 0.25) is 0 Å². The van der Waals surface area contributed by atoms with Gasteiger partial charge in [-0.15, -0.1) is 0 Å². The van der Waals surface area contributed by atoms with Crippen LogP contribution in [0.5, 0.6) is 0 Å². The predicted molar refractivity (Wildman–Crippen MR) is 28.9 cm³/mol. The molecule has 0 aromatic heterocycles. The average Bonchev–Trinajstić information content (AvgIpc) is 1.84. The summed E-state index contributed by atoms with van der Waals surface area (Å²) < 4.78 is 74.2. The molecule has 1 fully saturated rings. The van der Waals surface area contributed by atoms with Gasteiger partial charge in [-0.2, -0.15) is 17.6 Å². The van der Waals surface area contributed by atoms with Crippen molar-refractivity contribution in [2.45, 2.75) is 37.0 Å². The van der Waals surface area contributed by atoms with Crippen molar-refractivity contribution in [3.63, 3.8) is 0 Å². The van der Waals surface area contributed by atoms with Gasteiger partial charge in [-0.1, -0.05) is 0 Å². The van der Waals surface area contributed by atoms with Crippen LogP contribution in [0, 0.1) is 0 Å². The molecular weight excluding hydrogens is 186 g/mol. The van der Waals surface area contributed by atoms with Crippen LogP contribution < -0.4 is 0 Å². The lowest BCUT2D eigenvalue weighted by Crippen LogP contribution is -2.83. The molecule has 0 radical (unpaired) electrons. The molecular formula is C6H6F6. The summed E-state index contributed by atoms with van der Waals surface area (Å²) in [5, 5.41) is 0. The molecule has 1 aliphatic carbocycles. The Morgan fingerprint density at radius 3 is 0.833 bits per heavy atom. The van der Waals surface area contributed by atoms with Gasteiger partial charge < -0.3 is 0 Å². The van der Waals surface area contributed by atoms with Crippen molar-refractivity contribution in [2.75, 3.05) is 0 Å². The Morgan fingerprint density at radius 2 is 0.750 bits per heavy atom. The molecule has 12 heavy (non-hydrogen) atoms. The summed E-state index contributed by atoms with van der Waals surface area (Å²) in [6.07, 6.45) is 0. The number of alkyl halides is 6.